The molecule has 1 aliphatic rings. The Hall–Kier alpha value is -1.64. The van der Waals surface area contributed by atoms with Crippen molar-refractivity contribution < 1.29 is 4.74 Å². The zero-order valence-electron chi connectivity index (χ0n) is 6.47. The molecule has 0 unspecified atom stereocenters. The summed E-state index contributed by atoms with van der Waals surface area (Å²) in [5, 5.41) is 0. The fourth-order valence-corrected chi connectivity index (χ4v) is 0.939. The van der Waals surface area contributed by atoms with Crippen molar-refractivity contribution in [2.75, 3.05) is 6.61 Å². The van der Waals surface area contributed by atoms with E-state index in [2.05, 4.69) is 9.98 Å². The molecule has 0 amide bonds. The van der Waals surface area contributed by atoms with Crippen molar-refractivity contribution in [2.45, 2.75) is 0 Å². The maximum Gasteiger partial charge on any atom is 0.317 e. The first-order chi connectivity index (χ1) is 5.95. The lowest BCUT2D eigenvalue weighted by Crippen LogP contribution is -1.92. The average Bonchev–Trinajstić information content (AvgIpc) is 2.59. The molecule has 0 saturated heterocycles. The molecule has 0 N–H and O–H groups in total. The number of benzene rings is 1. The molecule has 0 aliphatic carbocycles. The molecule has 1 aromatic rings. The summed E-state index contributed by atoms with van der Waals surface area (Å²) in [5.74, 6) is 0. The molecular weight excluding hydrogens is 152 g/mol. The topological polar surface area (TPSA) is 34.0 Å². The van der Waals surface area contributed by atoms with Crippen molar-refractivity contribution in [1.29, 1.82) is 0 Å². The molecule has 0 spiro atoms. The van der Waals surface area contributed by atoms with Crippen molar-refractivity contribution >= 4 is 17.9 Å². The summed E-state index contributed by atoms with van der Waals surface area (Å²) in [4.78, 5) is 8.09. The van der Waals surface area contributed by atoms with Crippen molar-refractivity contribution in [1.82, 2.24) is 0 Å². The summed E-state index contributed by atoms with van der Waals surface area (Å²) in [7, 11) is 0. The van der Waals surface area contributed by atoms with Crippen LogP contribution in [0.15, 0.2) is 40.3 Å². The average molecular weight is 160 g/mol. The van der Waals surface area contributed by atoms with Gasteiger partial charge in [-0.15, -0.1) is 0 Å². The van der Waals surface area contributed by atoms with Crippen LogP contribution < -0.4 is 0 Å². The van der Waals surface area contributed by atoms with Crippen LogP contribution in [-0.2, 0) is 4.74 Å². The summed E-state index contributed by atoms with van der Waals surface area (Å²) >= 11 is 0. The molecule has 1 aromatic carbocycles. The van der Waals surface area contributed by atoms with E-state index >= 15 is 0 Å². The van der Waals surface area contributed by atoms with E-state index in [0.717, 1.165) is 5.69 Å². The number of hydrogen-bond acceptors (Lipinski definition) is 2. The van der Waals surface area contributed by atoms with E-state index in [1.165, 1.54) is 0 Å². The number of ether oxygens (including phenoxy) is 1. The van der Waals surface area contributed by atoms with Crippen LogP contribution in [0.25, 0.3) is 0 Å². The Morgan fingerprint density at radius 1 is 1.25 bits per heavy atom. The Morgan fingerprint density at radius 2 is 2.08 bits per heavy atom. The van der Waals surface area contributed by atoms with Gasteiger partial charge in [-0.25, -0.2) is 4.99 Å². The number of nitrogens with zero attached hydrogens (tertiary/aromatic N) is 2. The smallest absolute Gasteiger partial charge is 0.317 e. The normalized spacial score (nSPS) is 18.2. The number of aliphatic imine (C=N–C) groups is 2. The van der Waals surface area contributed by atoms with E-state index in [0.29, 0.717) is 12.6 Å². The lowest BCUT2D eigenvalue weighted by Gasteiger charge is -1.94. The van der Waals surface area contributed by atoms with Gasteiger partial charge in [0.15, 0.2) is 0 Å². The third kappa shape index (κ3) is 1.50. The Bertz CT molecular complexity index is 317. The first kappa shape index (κ1) is 7.03. The highest BCUT2D eigenvalue weighted by Crippen LogP contribution is 2.11. The van der Waals surface area contributed by atoms with E-state index in [1.807, 2.05) is 30.3 Å². The van der Waals surface area contributed by atoms with Gasteiger partial charge in [0.1, 0.15) is 6.61 Å². The van der Waals surface area contributed by atoms with Gasteiger partial charge < -0.3 is 4.74 Å². The maximum atomic E-state index is 5.08. The van der Waals surface area contributed by atoms with Gasteiger partial charge in [-0.3, -0.25) is 0 Å². The van der Waals surface area contributed by atoms with Crippen LogP contribution in [0.5, 0.6) is 0 Å². The van der Waals surface area contributed by atoms with Gasteiger partial charge in [0, 0.05) is 6.21 Å². The Labute approximate surface area is 70.4 Å². The summed E-state index contributed by atoms with van der Waals surface area (Å²) in [6, 6.07) is 10.1. The van der Waals surface area contributed by atoms with Crippen LogP contribution in [-0.4, -0.2) is 18.8 Å². The second kappa shape index (κ2) is 3.17. The summed E-state index contributed by atoms with van der Waals surface area (Å²) < 4.78 is 5.08. The number of rotatable bonds is 1. The largest absolute Gasteiger partial charge is 0.458 e. The second-order valence-corrected chi connectivity index (χ2v) is 2.35. The van der Waals surface area contributed by atoms with Crippen molar-refractivity contribution in [2.24, 2.45) is 9.98 Å². The molecule has 3 heteroatoms. The molecule has 0 radical (unpaired) electrons. The van der Waals surface area contributed by atoms with Crippen molar-refractivity contribution in [3.8, 4) is 0 Å². The Morgan fingerprint density at radius 3 is 2.75 bits per heavy atom. The van der Waals surface area contributed by atoms with E-state index in [4.69, 9.17) is 4.74 Å². The second-order valence-electron chi connectivity index (χ2n) is 2.35. The third-order valence-corrected chi connectivity index (χ3v) is 1.47. The standard InChI is InChI=1S/C9H8N2O/c1-2-4-8(5-3-1)11-9-10-6-7-12-9/h1-6H,7H2. The van der Waals surface area contributed by atoms with Gasteiger partial charge in [-0.05, 0) is 12.1 Å². The minimum Gasteiger partial charge on any atom is -0.458 e. The minimum absolute atomic E-state index is 0.446. The molecule has 0 fully saturated rings. The zero-order valence-corrected chi connectivity index (χ0v) is 6.47. The van der Waals surface area contributed by atoms with Crippen LogP contribution >= 0.6 is 0 Å². The van der Waals surface area contributed by atoms with Crippen LogP contribution in [0.2, 0.25) is 0 Å². The SMILES string of the molecule is C1=NC(=Nc2ccccc2)OC1. The Balaban J connectivity index is 2.22. The summed E-state index contributed by atoms with van der Waals surface area (Å²) in [6.07, 6.45) is 1.70. The van der Waals surface area contributed by atoms with Gasteiger partial charge in [0.05, 0.1) is 5.69 Å². The monoisotopic (exact) mass is 160 g/mol. The van der Waals surface area contributed by atoms with E-state index in [9.17, 15) is 0 Å². The van der Waals surface area contributed by atoms with Gasteiger partial charge in [-0.1, -0.05) is 18.2 Å². The maximum absolute atomic E-state index is 5.08. The van der Waals surface area contributed by atoms with Gasteiger partial charge in [0.25, 0.3) is 0 Å². The minimum atomic E-state index is 0.446. The number of para-hydroxylation sites is 1. The predicted octanol–water partition coefficient (Wildman–Crippen LogP) is 1.78. The molecule has 0 aromatic heterocycles. The molecular formula is C9H8N2O. The Kier molecular flexibility index (Phi) is 1.86. The fraction of sp³-hybridized carbons (Fsp3) is 0.111. The molecule has 0 atom stereocenters. The van der Waals surface area contributed by atoms with Gasteiger partial charge >= 0.3 is 6.02 Å². The lowest BCUT2D eigenvalue weighted by molar-refractivity contribution is 0.377. The van der Waals surface area contributed by atoms with Crippen LogP contribution in [0, 0.1) is 0 Å². The van der Waals surface area contributed by atoms with Crippen LogP contribution in [0.3, 0.4) is 0 Å². The fourth-order valence-electron chi connectivity index (χ4n) is 0.939. The molecule has 0 bridgehead atoms. The first-order valence-corrected chi connectivity index (χ1v) is 3.74. The summed E-state index contributed by atoms with van der Waals surface area (Å²) in [6.45, 7) is 0.533. The van der Waals surface area contributed by atoms with Crippen molar-refractivity contribution in [3.05, 3.63) is 30.3 Å². The molecule has 1 aliphatic heterocycles. The quantitative estimate of drug-likeness (QED) is 0.616. The number of hydrogen-bond donors (Lipinski definition) is 0. The van der Waals surface area contributed by atoms with Gasteiger partial charge in [0.2, 0.25) is 0 Å². The first-order valence-electron chi connectivity index (χ1n) is 3.74. The van der Waals surface area contributed by atoms with E-state index in [1.54, 1.807) is 6.21 Å². The third-order valence-electron chi connectivity index (χ3n) is 1.47. The summed E-state index contributed by atoms with van der Waals surface area (Å²) in [5.41, 5.74) is 0.867. The van der Waals surface area contributed by atoms with Crippen LogP contribution in [0.4, 0.5) is 5.69 Å². The van der Waals surface area contributed by atoms with Gasteiger partial charge in [-0.2, -0.15) is 4.99 Å². The van der Waals surface area contributed by atoms with Crippen molar-refractivity contribution in [3.63, 3.8) is 0 Å². The molecule has 2 rings (SSSR count). The van der Waals surface area contributed by atoms with E-state index < -0.39 is 0 Å². The molecule has 1 heterocycles. The number of amidine groups is 1. The molecule has 3 nitrogen and oxygen atoms in total. The highest BCUT2D eigenvalue weighted by Gasteiger charge is 2.01. The molecule has 60 valence electrons. The molecule has 12 heavy (non-hydrogen) atoms. The van der Waals surface area contributed by atoms with Crippen LogP contribution in [0.1, 0.15) is 0 Å². The highest BCUT2D eigenvalue weighted by molar-refractivity contribution is 5.90. The zero-order chi connectivity index (χ0) is 8.23. The van der Waals surface area contributed by atoms with E-state index in [-0.39, 0.29) is 0 Å². The lowest BCUT2D eigenvalue weighted by atomic mass is 10.3. The highest BCUT2D eigenvalue weighted by atomic mass is 16.5. The molecule has 0 saturated carbocycles. The predicted molar refractivity (Wildman–Crippen MR) is 48.0 cm³/mol.